The number of aromatic nitrogens is 1. The summed E-state index contributed by atoms with van der Waals surface area (Å²) in [5, 5.41) is 3.63. The molecule has 25 heavy (non-hydrogen) atoms. The van der Waals surface area contributed by atoms with Gasteiger partial charge in [-0.15, -0.1) is 0 Å². The SMILES string of the molecule is COc1cc2c(cc1CN[C@H]1CCCc3[nH]c(=O)ccc31)O[C@H](C)C2. The molecule has 2 atom stereocenters. The minimum Gasteiger partial charge on any atom is -0.496 e. The van der Waals surface area contributed by atoms with E-state index in [1.54, 1.807) is 13.2 Å². The Morgan fingerprint density at radius 3 is 3.08 bits per heavy atom. The highest BCUT2D eigenvalue weighted by Gasteiger charge is 2.23. The standard InChI is InChI=1S/C20H24N2O3/c1-12-8-13-9-18(24-2)14(10-19(13)25-12)11-21-16-4-3-5-17-15(16)6-7-20(23)22-17/h6-7,9-10,12,16,21H,3-5,8,11H2,1-2H3,(H,22,23)/t12-,16+/m1/s1. The van der Waals surface area contributed by atoms with Gasteiger partial charge in [-0.3, -0.25) is 4.79 Å². The van der Waals surface area contributed by atoms with Crippen molar-refractivity contribution in [1.29, 1.82) is 0 Å². The number of ether oxygens (including phenoxy) is 2. The molecule has 5 heteroatoms. The van der Waals surface area contributed by atoms with Crippen molar-refractivity contribution in [3.05, 3.63) is 57.0 Å². The van der Waals surface area contributed by atoms with Gasteiger partial charge in [-0.25, -0.2) is 0 Å². The van der Waals surface area contributed by atoms with Gasteiger partial charge in [0.05, 0.1) is 7.11 Å². The van der Waals surface area contributed by atoms with E-state index in [4.69, 9.17) is 9.47 Å². The number of fused-ring (bicyclic) bond motifs is 2. The fraction of sp³-hybridized carbons (Fsp3) is 0.450. The minimum atomic E-state index is -0.0223. The molecule has 2 aliphatic rings. The van der Waals surface area contributed by atoms with E-state index in [0.717, 1.165) is 48.4 Å². The highest BCUT2D eigenvalue weighted by Crippen LogP contribution is 2.35. The number of H-pyrrole nitrogens is 1. The molecule has 0 fully saturated rings. The molecule has 0 bridgehead atoms. The maximum absolute atomic E-state index is 11.5. The van der Waals surface area contributed by atoms with Crippen LogP contribution < -0.4 is 20.3 Å². The Kier molecular flexibility index (Phi) is 4.25. The second-order valence-corrected chi connectivity index (χ2v) is 6.99. The van der Waals surface area contributed by atoms with E-state index in [2.05, 4.69) is 29.4 Å². The summed E-state index contributed by atoms with van der Waals surface area (Å²) in [7, 11) is 1.71. The number of methoxy groups -OCH3 is 1. The average Bonchev–Trinajstić information content (AvgIpc) is 2.97. The van der Waals surface area contributed by atoms with Gasteiger partial charge in [-0.1, -0.05) is 6.07 Å². The predicted octanol–water partition coefficient (Wildman–Crippen LogP) is 2.87. The molecule has 2 heterocycles. The first-order valence-corrected chi connectivity index (χ1v) is 8.96. The van der Waals surface area contributed by atoms with Crippen LogP contribution in [0.2, 0.25) is 0 Å². The van der Waals surface area contributed by atoms with E-state index < -0.39 is 0 Å². The topological polar surface area (TPSA) is 63.3 Å². The van der Waals surface area contributed by atoms with Gasteiger partial charge in [0.15, 0.2) is 0 Å². The third kappa shape index (κ3) is 3.16. The Morgan fingerprint density at radius 1 is 1.36 bits per heavy atom. The van der Waals surface area contributed by atoms with Crippen molar-refractivity contribution in [3.8, 4) is 11.5 Å². The first-order valence-electron chi connectivity index (χ1n) is 8.96. The minimum absolute atomic E-state index is 0.0223. The molecule has 1 aromatic carbocycles. The van der Waals surface area contributed by atoms with E-state index in [9.17, 15) is 4.79 Å². The Morgan fingerprint density at radius 2 is 2.24 bits per heavy atom. The van der Waals surface area contributed by atoms with Gasteiger partial charge in [0.1, 0.15) is 17.6 Å². The van der Waals surface area contributed by atoms with Crippen LogP contribution in [0.25, 0.3) is 0 Å². The van der Waals surface area contributed by atoms with E-state index in [-0.39, 0.29) is 17.7 Å². The smallest absolute Gasteiger partial charge is 0.248 e. The first-order chi connectivity index (χ1) is 12.1. The van der Waals surface area contributed by atoms with Crippen molar-refractivity contribution < 1.29 is 9.47 Å². The molecule has 5 nitrogen and oxygen atoms in total. The first kappa shape index (κ1) is 16.2. The number of hydrogen-bond acceptors (Lipinski definition) is 4. The third-order valence-corrected chi connectivity index (χ3v) is 5.17. The molecule has 1 aromatic heterocycles. The number of hydrogen-bond donors (Lipinski definition) is 2. The molecule has 0 radical (unpaired) electrons. The second kappa shape index (κ2) is 6.56. The van der Waals surface area contributed by atoms with E-state index in [1.807, 2.05) is 6.07 Å². The monoisotopic (exact) mass is 340 g/mol. The van der Waals surface area contributed by atoms with Crippen LogP contribution in [0.1, 0.15) is 48.2 Å². The summed E-state index contributed by atoms with van der Waals surface area (Å²) in [5.41, 5.74) is 4.57. The van der Waals surface area contributed by atoms with Crippen LogP contribution in [-0.4, -0.2) is 18.2 Å². The van der Waals surface area contributed by atoms with Crippen molar-refractivity contribution in [2.75, 3.05) is 7.11 Å². The lowest BCUT2D eigenvalue weighted by molar-refractivity contribution is 0.254. The summed E-state index contributed by atoms with van der Waals surface area (Å²) in [5.74, 6) is 1.87. The molecule has 0 amide bonds. The summed E-state index contributed by atoms with van der Waals surface area (Å²) in [6, 6.07) is 8.02. The molecule has 2 N–H and O–H groups in total. The van der Waals surface area contributed by atoms with Crippen molar-refractivity contribution in [2.24, 2.45) is 0 Å². The van der Waals surface area contributed by atoms with Crippen molar-refractivity contribution in [1.82, 2.24) is 10.3 Å². The molecule has 1 aliphatic carbocycles. The van der Waals surface area contributed by atoms with Crippen molar-refractivity contribution in [2.45, 2.75) is 51.3 Å². The average molecular weight is 340 g/mol. The van der Waals surface area contributed by atoms with Crippen LogP contribution in [-0.2, 0) is 19.4 Å². The molecule has 0 spiro atoms. The largest absolute Gasteiger partial charge is 0.496 e. The fourth-order valence-electron chi connectivity index (χ4n) is 3.96. The van der Waals surface area contributed by atoms with Gasteiger partial charge in [-0.2, -0.15) is 0 Å². The number of benzene rings is 1. The van der Waals surface area contributed by atoms with E-state index in [1.165, 1.54) is 11.1 Å². The van der Waals surface area contributed by atoms with Gasteiger partial charge < -0.3 is 19.8 Å². The summed E-state index contributed by atoms with van der Waals surface area (Å²) in [6.45, 7) is 2.79. The molecule has 4 rings (SSSR count). The van der Waals surface area contributed by atoms with E-state index >= 15 is 0 Å². The molecule has 1 aliphatic heterocycles. The predicted molar refractivity (Wildman–Crippen MR) is 96.4 cm³/mol. The highest BCUT2D eigenvalue weighted by atomic mass is 16.5. The van der Waals surface area contributed by atoms with Gasteiger partial charge in [0, 0.05) is 41.9 Å². The Balaban J connectivity index is 1.55. The number of aryl methyl sites for hydroxylation is 1. The molecular formula is C20H24N2O3. The quantitative estimate of drug-likeness (QED) is 0.898. The Hall–Kier alpha value is -2.27. The molecule has 0 saturated heterocycles. The summed E-state index contributed by atoms with van der Waals surface area (Å²) >= 11 is 0. The lowest BCUT2D eigenvalue weighted by atomic mass is 9.91. The molecule has 132 valence electrons. The van der Waals surface area contributed by atoms with Crippen LogP contribution in [0.3, 0.4) is 0 Å². The third-order valence-electron chi connectivity index (χ3n) is 5.17. The van der Waals surface area contributed by atoms with Gasteiger partial charge in [0.25, 0.3) is 0 Å². The normalized spacial score (nSPS) is 21.4. The number of aromatic amines is 1. The maximum atomic E-state index is 11.5. The summed E-state index contributed by atoms with van der Waals surface area (Å²) in [6.07, 6.45) is 4.25. The van der Waals surface area contributed by atoms with Crippen LogP contribution in [0.5, 0.6) is 11.5 Å². The van der Waals surface area contributed by atoms with Crippen LogP contribution >= 0.6 is 0 Å². The Bertz CT molecular complexity index is 843. The highest BCUT2D eigenvalue weighted by molar-refractivity contribution is 5.48. The van der Waals surface area contributed by atoms with Gasteiger partial charge >= 0.3 is 0 Å². The number of nitrogens with one attached hydrogen (secondary N) is 2. The van der Waals surface area contributed by atoms with Crippen LogP contribution in [0.15, 0.2) is 29.1 Å². The summed E-state index contributed by atoms with van der Waals surface area (Å²) < 4.78 is 11.5. The van der Waals surface area contributed by atoms with Crippen molar-refractivity contribution >= 4 is 0 Å². The molecule has 0 saturated carbocycles. The van der Waals surface area contributed by atoms with E-state index in [0.29, 0.717) is 6.54 Å². The second-order valence-electron chi connectivity index (χ2n) is 6.99. The number of rotatable bonds is 4. The molecule has 0 unspecified atom stereocenters. The fourth-order valence-corrected chi connectivity index (χ4v) is 3.96. The molecule has 2 aromatic rings. The number of pyridine rings is 1. The lowest BCUT2D eigenvalue weighted by Crippen LogP contribution is -2.27. The van der Waals surface area contributed by atoms with Crippen molar-refractivity contribution in [3.63, 3.8) is 0 Å². The lowest BCUT2D eigenvalue weighted by Gasteiger charge is -2.26. The maximum Gasteiger partial charge on any atom is 0.248 e. The van der Waals surface area contributed by atoms with Crippen LogP contribution in [0, 0.1) is 0 Å². The zero-order valence-electron chi connectivity index (χ0n) is 14.7. The zero-order chi connectivity index (χ0) is 17.4. The van der Waals surface area contributed by atoms with Crippen LogP contribution in [0.4, 0.5) is 0 Å². The summed E-state index contributed by atoms with van der Waals surface area (Å²) in [4.78, 5) is 14.5. The molecular weight excluding hydrogens is 316 g/mol. The van der Waals surface area contributed by atoms with Gasteiger partial charge in [-0.05, 0) is 43.9 Å². The Labute approximate surface area is 147 Å². The zero-order valence-corrected chi connectivity index (χ0v) is 14.7. The van der Waals surface area contributed by atoms with Gasteiger partial charge in [0.2, 0.25) is 5.56 Å².